The second-order valence-corrected chi connectivity index (χ2v) is 7.57. The van der Waals surface area contributed by atoms with Crippen molar-refractivity contribution in [3.05, 3.63) is 90.3 Å². The van der Waals surface area contributed by atoms with E-state index in [4.69, 9.17) is 0 Å². The van der Waals surface area contributed by atoms with E-state index in [0.29, 0.717) is 17.8 Å². The minimum atomic E-state index is -0.297. The van der Waals surface area contributed by atoms with Gasteiger partial charge in [0, 0.05) is 23.8 Å². The Hall–Kier alpha value is -3.12. The number of amides is 2. The van der Waals surface area contributed by atoms with Gasteiger partial charge < -0.3 is 10.6 Å². The Balaban J connectivity index is 1.64. The number of anilines is 1. The van der Waals surface area contributed by atoms with Gasteiger partial charge >= 0.3 is 0 Å². The Morgan fingerprint density at radius 1 is 1.00 bits per heavy atom. The molecule has 0 saturated heterocycles. The second kappa shape index (κ2) is 9.71. The summed E-state index contributed by atoms with van der Waals surface area (Å²) in [5, 5.41) is 5.44. The second-order valence-electron chi connectivity index (χ2n) is 6.15. The van der Waals surface area contributed by atoms with Gasteiger partial charge in [-0.05, 0) is 42.8 Å². The molecule has 0 aliphatic heterocycles. The molecule has 2 amide bonds. The van der Waals surface area contributed by atoms with Crippen LogP contribution in [0.4, 0.5) is 5.69 Å². The van der Waals surface area contributed by atoms with Gasteiger partial charge in [0.2, 0.25) is 5.91 Å². The maximum atomic E-state index is 12.6. The number of rotatable bonds is 7. The largest absolute Gasteiger partial charge is 0.348 e. The van der Waals surface area contributed by atoms with Crippen molar-refractivity contribution in [3.8, 4) is 0 Å². The minimum absolute atomic E-state index is 0.152. The molecule has 3 aromatic rings. The van der Waals surface area contributed by atoms with E-state index < -0.39 is 0 Å². The molecule has 1 aromatic heterocycles. The van der Waals surface area contributed by atoms with Crippen LogP contribution >= 0.6 is 11.8 Å². The number of thioether (sulfide) groups is 1. The molecular formula is C22H21N3O2S. The zero-order valence-electron chi connectivity index (χ0n) is 15.5. The molecule has 0 bridgehead atoms. The fourth-order valence-corrected chi connectivity index (χ4v) is 3.45. The number of hydrogen-bond donors (Lipinski definition) is 2. The van der Waals surface area contributed by atoms with Crippen LogP contribution in [-0.2, 0) is 11.3 Å². The maximum absolute atomic E-state index is 12.6. The standard InChI is InChI=1S/C22H21N3O2S/c1-16(28-18-9-3-2-4-10-18)21(26)25-20-12-6-5-11-19(20)22(27)24-15-17-8-7-13-23-14-17/h2-14,16H,15H2,1H3,(H,24,27)(H,25,26)/t16-/m0/s1. The molecule has 6 heteroatoms. The van der Waals surface area contributed by atoms with Crippen LogP contribution in [0, 0.1) is 0 Å². The molecule has 1 atom stereocenters. The Bertz CT molecular complexity index is 933. The summed E-state index contributed by atoms with van der Waals surface area (Å²) in [5.74, 6) is -0.399. The summed E-state index contributed by atoms with van der Waals surface area (Å²) in [6.45, 7) is 2.22. The van der Waals surface area contributed by atoms with Crippen molar-refractivity contribution in [2.75, 3.05) is 5.32 Å². The zero-order valence-corrected chi connectivity index (χ0v) is 16.3. The van der Waals surface area contributed by atoms with Gasteiger partial charge in [-0.25, -0.2) is 0 Å². The normalized spacial score (nSPS) is 11.5. The first-order chi connectivity index (χ1) is 13.6. The van der Waals surface area contributed by atoms with Crippen LogP contribution in [0.1, 0.15) is 22.8 Å². The highest BCUT2D eigenvalue weighted by molar-refractivity contribution is 8.00. The molecule has 2 aromatic carbocycles. The summed E-state index contributed by atoms with van der Waals surface area (Å²) in [5.41, 5.74) is 1.83. The van der Waals surface area contributed by atoms with Gasteiger partial charge in [0.25, 0.3) is 5.91 Å². The molecule has 142 valence electrons. The summed E-state index contributed by atoms with van der Waals surface area (Å²) < 4.78 is 0. The zero-order chi connectivity index (χ0) is 19.8. The lowest BCUT2D eigenvalue weighted by Gasteiger charge is -2.15. The van der Waals surface area contributed by atoms with E-state index in [1.165, 1.54) is 11.8 Å². The van der Waals surface area contributed by atoms with Gasteiger partial charge in [-0.1, -0.05) is 36.4 Å². The summed E-state index contributed by atoms with van der Waals surface area (Å²) in [4.78, 5) is 30.2. The van der Waals surface area contributed by atoms with Crippen molar-refractivity contribution >= 4 is 29.3 Å². The number of hydrogen-bond acceptors (Lipinski definition) is 4. The average molecular weight is 391 g/mol. The Morgan fingerprint density at radius 3 is 2.50 bits per heavy atom. The number of pyridine rings is 1. The lowest BCUT2D eigenvalue weighted by atomic mass is 10.1. The number of carbonyl (C=O) groups is 2. The molecule has 5 nitrogen and oxygen atoms in total. The Kier molecular flexibility index (Phi) is 6.81. The first kappa shape index (κ1) is 19.6. The fraction of sp³-hybridized carbons (Fsp3) is 0.136. The number of para-hydroxylation sites is 1. The third-order valence-electron chi connectivity index (χ3n) is 4.03. The van der Waals surface area contributed by atoms with Crippen LogP contribution in [-0.4, -0.2) is 22.0 Å². The smallest absolute Gasteiger partial charge is 0.253 e. The number of benzene rings is 2. The van der Waals surface area contributed by atoms with Crippen molar-refractivity contribution < 1.29 is 9.59 Å². The van der Waals surface area contributed by atoms with Crippen molar-refractivity contribution in [2.45, 2.75) is 23.6 Å². The first-order valence-corrected chi connectivity index (χ1v) is 9.80. The van der Waals surface area contributed by atoms with Crippen LogP contribution in [0.2, 0.25) is 0 Å². The van der Waals surface area contributed by atoms with Crippen LogP contribution in [0.25, 0.3) is 0 Å². The number of nitrogens with zero attached hydrogens (tertiary/aromatic N) is 1. The van der Waals surface area contributed by atoms with E-state index in [0.717, 1.165) is 10.5 Å². The molecule has 0 fully saturated rings. The van der Waals surface area contributed by atoms with Gasteiger partial charge in [-0.15, -0.1) is 11.8 Å². The van der Waals surface area contributed by atoms with Gasteiger partial charge in [0.05, 0.1) is 16.5 Å². The molecule has 1 heterocycles. The van der Waals surface area contributed by atoms with Gasteiger partial charge in [0.15, 0.2) is 0 Å². The highest BCUT2D eigenvalue weighted by atomic mass is 32.2. The van der Waals surface area contributed by atoms with Crippen molar-refractivity contribution in [1.82, 2.24) is 10.3 Å². The quantitative estimate of drug-likeness (QED) is 0.594. The number of carbonyl (C=O) groups excluding carboxylic acids is 2. The van der Waals surface area contributed by atoms with Crippen LogP contribution < -0.4 is 10.6 Å². The van der Waals surface area contributed by atoms with Crippen molar-refractivity contribution in [1.29, 1.82) is 0 Å². The topological polar surface area (TPSA) is 71.1 Å². The van der Waals surface area contributed by atoms with Gasteiger partial charge in [-0.2, -0.15) is 0 Å². The molecule has 0 saturated carbocycles. The van der Waals surface area contributed by atoms with Crippen molar-refractivity contribution in [3.63, 3.8) is 0 Å². The fourth-order valence-electron chi connectivity index (χ4n) is 2.56. The van der Waals surface area contributed by atoms with Crippen LogP contribution in [0.3, 0.4) is 0 Å². The summed E-state index contributed by atoms with van der Waals surface area (Å²) >= 11 is 1.47. The highest BCUT2D eigenvalue weighted by Gasteiger charge is 2.18. The van der Waals surface area contributed by atoms with E-state index in [2.05, 4.69) is 15.6 Å². The molecule has 0 spiro atoms. The number of aromatic nitrogens is 1. The average Bonchev–Trinajstić information content (AvgIpc) is 2.74. The van der Waals surface area contributed by atoms with Gasteiger partial charge in [-0.3, -0.25) is 14.6 Å². The molecule has 0 unspecified atom stereocenters. The third kappa shape index (κ3) is 5.44. The lowest BCUT2D eigenvalue weighted by Crippen LogP contribution is -2.27. The Labute approximate surface area is 168 Å². The predicted octanol–water partition coefficient (Wildman–Crippen LogP) is 4.13. The molecule has 3 rings (SSSR count). The monoisotopic (exact) mass is 391 g/mol. The van der Waals surface area contributed by atoms with E-state index in [1.807, 2.05) is 49.4 Å². The lowest BCUT2D eigenvalue weighted by molar-refractivity contribution is -0.115. The van der Waals surface area contributed by atoms with Crippen molar-refractivity contribution in [2.24, 2.45) is 0 Å². The van der Waals surface area contributed by atoms with E-state index >= 15 is 0 Å². The molecule has 28 heavy (non-hydrogen) atoms. The van der Waals surface area contributed by atoms with Crippen LogP contribution in [0.15, 0.2) is 84.0 Å². The molecule has 0 aliphatic rings. The molecular weight excluding hydrogens is 370 g/mol. The van der Waals surface area contributed by atoms with E-state index in [9.17, 15) is 9.59 Å². The van der Waals surface area contributed by atoms with Crippen LogP contribution in [0.5, 0.6) is 0 Å². The molecule has 2 N–H and O–H groups in total. The van der Waals surface area contributed by atoms with E-state index in [-0.39, 0.29) is 17.1 Å². The highest BCUT2D eigenvalue weighted by Crippen LogP contribution is 2.24. The SMILES string of the molecule is C[C@H](Sc1ccccc1)C(=O)Nc1ccccc1C(=O)NCc1cccnc1. The maximum Gasteiger partial charge on any atom is 0.253 e. The summed E-state index contributed by atoms with van der Waals surface area (Å²) in [6.07, 6.45) is 3.39. The first-order valence-electron chi connectivity index (χ1n) is 8.92. The minimum Gasteiger partial charge on any atom is -0.348 e. The predicted molar refractivity (Wildman–Crippen MR) is 112 cm³/mol. The van der Waals surface area contributed by atoms with Gasteiger partial charge in [0.1, 0.15) is 0 Å². The summed E-state index contributed by atoms with van der Waals surface area (Å²) in [6, 6.07) is 20.5. The van der Waals surface area contributed by atoms with E-state index in [1.54, 1.807) is 36.7 Å². The molecule has 0 aliphatic carbocycles. The molecule has 0 radical (unpaired) electrons. The number of nitrogens with one attached hydrogen (secondary N) is 2. The Morgan fingerprint density at radius 2 is 1.75 bits per heavy atom. The third-order valence-corrected chi connectivity index (χ3v) is 5.14. The summed E-state index contributed by atoms with van der Waals surface area (Å²) in [7, 11) is 0.